The molecule has 1 heterocycles. The van der Waals surface area contributed by atoms with Gasteiger partial charge >= 0.3 is 5.97 Å². The van der Waals surface area contributed by atoms with Crippen molar-refractivity contribution >= 4 is 40.9 Å². The van der Waals surface area contributed by atoms with Crippen LogP contribution in [0.2, 0.25) is 5.02 Å². The Kier molecular flexibility index (Phi) is 8.16. The molecule has 0 aliphatic rings. The predicted molar refractivity (Wildman–Crippen MR) is 105 cm³/mol. The van der Waals surface area contributed by atoms with Gasteiger partial charge < -0.3 is 19.5 Å². The van der Waals surface area contributed by atoms with Crippen molar-refractivity contribution in [2.45, 2.75) is 13.5 Å². The molecule has 0 saturated carbocycles. The third-order valence-corrected chi connectivity index (χ3v) is 4.49. The smallest absolute Gasteiger partial charge is 0.331 e. The first-order valence-corrected chi connectivity index (χ1v) is 9.43. The second-order valence-electron chi connectivity index (χ2n) is 5.26. The molecule has 0 atom stereocenters. The lowest BCUT2D eigenvalue weighted by molar-refractivity contribution is -0.143. The van der Waals surface area contributed by atoms with E-state index in [1.807, 2.05) is 24.4 Å². The zero-order chi connectivity index (χ0) is 19.6. The van der Waals surface area contributed by atoms with Gasteiger partial charge in [-0.3, -0.25) is 4.79 Å². The molecule has 1 aromatic carbocycles. The van der Waals surface area contributed by atoms with E-state index in [9.17, 15) is 9.59 Å². The van der Waals surface area contributed by atoms with Crippen LogP contribution in [0.15, 0.2) is 35.7 Å². The van der Waals surface area contributed by atoms with E-state index in [2.05, 4.69) is 5.32 Å². The van der Waals surface area contributed by atoms with Crippen LogP contribution in [0.3, 0.4) is 0 Å². The Morgan fingerprint density at radius 2 is 2.15 bits per heavy atom. The molecule has 0 radical (unpaired) electrons. The van der Waals surface area contributed by atoms with Gasteiger partial charge in [-0.25, -0.2) is 4.79 Å². The Bertz CT molecular complexity index is 805. The molecular formula is C19H20ClNO5S. The molecular weight excluding hydrogens is 390 g/mol. The van der Waals surface area contributed by atoms with Crippen molar-refractivity contribution in [3.63, 3.8) is 0 Å². The maximum absolute atomic E-state index is 11.8. The molecule has 2 aromatic rings. The number of carbonyl (C=O) groups excluding carboxylic acids is 2. The topological polar surface area (TPSA) is 73.9 Å². The lowest BCUT2D eigenvalue weighted by Crippen LogP contribution is -2.27. The third-order valence-electron chi connectivity index (χ3n) is 3.33. The number of esters is 1. The molecule has 0 aliphatic carbocycles. The summed E-state index contributed by atoms with van der Waals surface area (Å²) in [5.41, 5.74) is 0.642. The van der Waals surface area contributed by atoms with Crippen molar-refractivity contribution in [1.29, 1.82) is 0 Å². The van der Waals surface area contributed by atoms with Gasteiger partial charge in [0.15, 0.2) is 18.1 Å². The largest absolute Gasteiger partial charge is 0.491 e. The fraction of sp³-hybridized carbons (Fsp3) is 0.263. The van der Waals surface area contributed by atoms with E-state index in [1.165, 1.54) is 30.6 Å². The van der Waals surface area contributed by atoms with Gasteiger partial charge in [-0.05, 0) is 42.1 Å². The Hall–Kier alpha value is -2.51. The monoisotopic (exact) mass is 409 g/mol. The molecule has 1 aromatic heterocycles. The van der Waals surface area contributed by atoms with Crippen LogP contribution < -0.4 is 14.8 Å². The lowest BCUT2D eigenvalue weighted by atomic mass is 10.2. The number of ether oxygens (including phenoxy) is 3. The van der Waals surface area contributed by atoms with Crippen LogP contribution in [0.25, 0.3) is 6.08 Å². The predicted octanol–water partition coefficient (Wildman–Crippen LogP) is 3.68. The van der Waals surface area contributed by atoms with Gasteiger partial charge in [0.05, 0.1) is 25.3 Å². The Labute approximate surface area is 166 Å². The highest BCUT2D eigenvalue weighted by molar-refractivity contribution is 7.09. The van der Waals surface area contributed by atoms with Crippen LogP contribution in [0.4, 0.5) is 0 Å². The highest BCUT2D eigenvalue weighted by Crippen LogP contribution is 2.36. The number of benzene rings is 1. The summed E-state index contributed by atoms with van der Waals surface area (Å²) in [5.74, 6) is -0.0865. The standard InChI is InChI=1S/C19H20ClNO5S/c1-3-25-16-10-13(9-15(20)19(16)24-2)6-7-18(23)26-12-17(22)21-11-14-5-4-8-27-14/h4-10H,3,11-12H2,1-2H3,(H,21,22)/b7-6+. The minimum absolute atomic E-state index is 0.345. The minimum Gasteiger partial charge on any atom is -0.491 e. The number of hydrogen-bond donors (Lipinski definition) is 1. The number of halogens is 1. The third kappa shape index (κ3) is 6.62. The van der Waals surface area contributed by atoms with Gasteiger partial charge in [-0.15, -0.1) is 11.3 Å². The van der Waals surface area contributed by atoms with Gasteiger partial charge in [-0.2, -0.15) is 0 Å². The first-order chi connectivity index (χ1) is 13.0. The highest BCUT2D eigenvalue weighted by atomic mass is 35.5. The molecule has 27 heavy (non-hydrogen) atoms. The summed E-state index contributed by atoms with van der Waals surface area (Å²) in [7, 11) is 1.50. The maximum atomic E-state index is 11.8. The Morgan fingerprint density at radius 1 is 1.33 bits per heavy atom. The number of thiophene rings is 1. The number of amides is 1. The fourth-order valence-electron chi connectivity index (χ4n) is 2.14. The average Bonchev–Trinajstić information content (AvgIpc) is 3.17. The first-order valence-electron chi connectivity index (χ1n) is 8.17. The number of nitrogens with one attached hydrogen (secondary N) is 1. The van der Waals surface area contributed by atoms with Crippen molar-refractivity contribution in [3.8, 4) is 11.5 Å². The number of methoxy groups -OCH3 is 1. The van der Waals surface area contributed by atoms with Crippen molar-refractivity contribution < 1.29 is 23.8 Å². The summed E-state index contributed by atoms with van der Waals surface area (Å²) in [6.07, 6.45) is 2.75. The molecule has 0 fully saturated rings. The van der Waals surface area contributed by atoms with Crippen LogP contribution in [0.5, 0.6) is 11.5 Å². The van der Waals surface area contributed by atoms with Gasteiger partial charge in [0, 0.05) is 11.0 Å². The van der Waals surface area contributed by atoms with Crippen LogP contribution >= 0.6 is 22.9 Å². The second kappa shape index (κ2) is 10.6. The Morgan fingerprint density at radius 3 is 2.81 bits per heavy atom. The van der Waals surface area contributed by atoms with E-state index in [4.69, 9.17) is 25.8 Å². The van der Waals surface area contributed by atoms with Gasteiger partial charge in [0.25, 0.3) is 5.91 Å². The normalized spacial score (nSPS) is 10.6. The molecule has 6 nitrogen and oxygen atoms in total. The van der Waals surface area contributed by atoms with Crippen LogP contribution in [-0.4, -0.2) is 32.2 Å². The van der Waals surface area contributed by atoms with Gasteiger partial charge in [-0.1, -0.05) is 17.7 Å². The summed E-state index contributed by atoms with van der Waals surface area (Å²) >= 11 is 7.70. The number of rotatable bonds is 9. The molecule has 144 valence electrons. The molecule has 0 bridgehead atoms. The van der Waals surface area contributed by atoms with Crippen molar-refractivity contribution in [2.24, 2.45) is 0 Å². The van der Waals surface area contributed by atoms with E-state index in [1.54, 1.807) is 12.1 Å². The highest BCUT2D eigenvalue weighted by Gasteiger charge is 2.11. The summed E-state index contributed by atoms with van der Waals surface area (Å²) in [5, 5.41) is 4.97. The fourth-order valence-corrected chi connectivity index (χ4v) is 3.08. The molecule has 0 unspecified atom stereocenters. The minimum atomic E-state index is -0.633. The van der Waals surface area contributed by atoms with E-state index < -0.39 is 5.97 Å². The van der Waals surface area contributed by atoms with Crippen LogP contribution in [-0.2, 0) is 20.9 Å². The number of hydrogen-bond acceptors (Lipinski definition) is 6. The maximum Gasteiger partial charge on any atom is 0.331 e. The number of carbonyl (C=O) groups is 2. The second-order valence-corrected chi connectivity index (χ2v) is 6.70. The van der Waals surface area contributed by atoms with Gasteiger partial charge in [0.1, 0.15) is 0 Å². The molecule has 0 spiro atoms. The molecule has 0 saturated heterocycles. The summed E-state index contributed by atoms with van der Waals surface area (Å²) in [4.78, 5) is 24.5. The van der Waals surface area contributed by atoms with Gasteiger partial charge in [0.2, 0.25) is 0 Å². The van der Waals surface area contributed by atoms with Crippen LogP contribution in [0.1, 0.15) is 17.4 Å². The zero-order valence-corrected chi connectivity index (χ0v) is 16.6. The van der Waals surface area contributed by atoms with Crippen molar-refractivity contribution in [3.05, 3.63) is 51.2 Å². The van der Waals surface area contributed by atoms with Crippen molar-refractivity contribution in [2.75, 3.05) is 20.3 Å². The summed E-state index contributed by atoms with van der Waals surface area (Å²) < 4.78 is 15.6. The quantitative estimate of drug-likeness (QED) is 0.505. The van der Waals surface area contributed by atoms with E-state index in [0.717, 1.165) is 4.88 Å². The summed E-state index contributed by atoms with van der Waals surface area (Å²) in [6.45, 7) is 2.36. The van der Waals surface area contributed by atoms with Crippen LogP contribution in [0, 0.1) is 0 Å². The molecule has 2 rings (SSSR count). The lowest BCUT2D eigenvalue weighted by Gasteiger charge is -2.11. The molecule has 1 N–H and O–H groups in total. The molecule has 1 amide bonds. The van der Waals surface area contributed by atoms with E-state index in [0.29, 0.717) is 35.2 Å². The van der Waals surface area contributed by atoms with E-state index in [-0.39, 0.29) is 12.5 Å². The van der Waals surface area contributed by atoms with E-state index >= 15 is 0 Å². The Balaban J connectivity index is 1.87. The summed E-state index contributed by atoms with van der Waals surface area (Å²) in [6, 6.07) is 7.15. The SMILES string of the molecule is CCOc1cc(/C=C/C(=O)OCC(=O)NCc2cccs2)cc(Cl)c1OC. The molecule has 0 aliphatic heterocycles. The first kappa shape index (κ1) is 20.8. The average molecular weight is 410 g/mol. The zero-order valence-electron chi connectivity index (χ0n) is 15.0. The molecule has 8 heteroatoms. The van der Waals surface area contributed by atoms with Crippen molar-refractivity contribution in [1.82, 2.24) is 5.32 Å².